The molecule has 0 aliphatic heterocycles. The number of hydrogen-bond acceptors (Lipinski definition) is 8. The van der Waals surface area contributed by atoms with Crippen LogP contribution in [0.1, 0.15) is 21.5 Å². The highest BCUT2D eigenvalue weighted by Crippen LogP contribution is 2.37. The van der Waals surface area contributed by atoms with Crippen LogP contribution in [0.3, 0.4) is 0 Å². The van der Waals surface area contributed by atoms with E-state index in [2.05, 4.69) is 11.1 Å². The highest BCUT2D eigenvalue weighted by atomic mass is 32.1. The Kier molecular flexibility index (Phi) is 6.95. The smallest absolute Gasteiger partial charge is 0.286 e. The summed E-state index contributed by atoms with van der Waals surface area (Å²) in [5, 5.41) is 12.2. The van der Waals surface area contributed by atoms with E-state index in [0.29, 0.717) is 18.2 Å². The van der Waals surface area contributed by atoms with Gasteiger partial charge in [0.15, 0.2) is 16.6 Å². The molecule has 1 heterocycles. The molecule has 0 unspecified atom stereocenters. The molecule has 0 aliphatic rings. The molecule has 0 bridgehead atoms. The van der Waals surface area contributed by atoms with Crippen LogP contribution in [0.15, 0.2) is 24.3 Å². The summed E-state index contributed by atoms with van der Waals surface area (Å²) < 4.78 is 11.4. The van der Waals surface area contributed by atoms with Crippen LogP contribution in [0.2, 0.25) is 0 Å². The summed E-state index contributed by atoms with van der Waals surface area (Å²) in [5.74, 6) is -0.0978. The number of nitro benzene ring substituents is 1. The van der Waals surface area contributed by atoms with Gasteiger partial charge in [0, 0.05) is 19.2 Å². The second-order valence-electron chi connectivity index (χ2n) is 7.67. The van der Waals surface area contributed by atoms with Gasteiger partial charge in [0.1, 0.15) is 5.56 Å². The number of nitro groups is 1. The third-order valence-corrected chi connectivity index (χ3v) is 6.21. The maximum absolute atomic E-state index is 13.7. The summed E-state index contributed by atoms with van der Waals surface area (Å²) in [6.07, 6.45) is 0. The van der Waals surface area contributed by atoms with Crippen LogP contribution >= 0.6 is 11.3 Å². The number of thiazole rings is 1. The van der Waals surface area contributed by atoms with Gasteiger partial charge in [-0.1, -0.05) is 17.4 Å². The zero-order valence-corrected chi connectivity index (χ0v) is 19.8. The average molecular weight is 459 g/mol. The molecule has 3 rings (SSSR count). The Morgan fingerprint density at radius 3 is 2.34 bits per heavy atom. The van der Waals surface area contributed by atoms with Crippen molar-refractivity contribution >= 4 is 38.3 Å². The Balaban J connectivity index is 2.15. The number of carbonyl (C=O) groups excluding carboxylic acids is 1. The SMILES string of the molecule is COc1cc(C(=O)N(CCN(C)C)c2nc3cc(C)cc(C)c3s2)c([N+](=O)[O-])cc1OC. The number of amides is 1. The number of nitrogens with zero attached hydrogens (tertiary/aromatic N) is 4. The van der Waals surface area contributed by atoms with Crippen molar-refractivity contribution in [3.8, 4) is 11.5 Å². The van der Waals surface area contributed by atoms with Gasteiger partial charge in [-0.2, -0.15) is 0 Å². The lowest BCUT2D eigenvalue weighted by molar-refractivity contribution is -0.385. The van der Waals surface area contributed by atoms with E-state index in [4.69, 9.17) is 9.47 Å². The highest BCUT2D eigenvalue weighted by molar-refractivity contribution is 7.22. The monoisotopic (exact) mass is 458 g/mol. The number of hydrogen-bond donors (Lipinski definition) is 0. The van der Waals surface area contributed by atoms with E-state index in [0.717, 1.165) is 21.3 Å². The Hall–Kier alpha value is -3.24. The van der Waals surface area contributed by atoms with Gasteiger partial charge in [-0.25, -0.2) is 4.98 Å². The fourth-order valence-electron chi connectivity index (χ4n) is 3.40. The Morgan fingerprint density at radius 2 is 1.75 bits per heavy atom. The number of aromatic nitrogens is 1. The first-order valence-electron chi connectivity index (χ1n) is 9.91. The van der Waals surface area contributed by atoms with Crippen LogP contribution in [0, 0.1) is 24.0 Å². The molecule has 3 aromatic rings. The van der Waals surface area contributed by atoms with Gasteiger partial charge >= 0.3 is 0 Å². The first-order valence-corrected chi connectivity index (χ1v) is 10.7. The molecule has 10 heteroatoms. The molecule has 0 radical (unpaired) electrons. The summed E-state index contributed by atoms with van der Waals surface area (Å²) >= 11 is 1.40. The number of aryl methyl sites for hydroxylation is 2. The summed E-state index contributed by atoms with van der Waals surface area (Å²) in [4.78, 5) is 32.9. The normalized spacial score (nSPS) is 11.1. The second kappa shape index (κ2) is 9.49. The Labute approximate surface area is 190 Å². The Bertz CT molecular complexity index is 1170. The number of benzene rings is 2. The highest BCUT2D eigenvalue weighted by Gasteiger charge is 2.30. The van der Waals surface area contributed by atoms with Crippen molar-refractivity contribution in [2.24, 2.45) is 0 Å². The van der Waals surface area contributed by atoms with Crippen molar-refractivity contribution in [2.75, 3.05) is 46.3 Å². The molecule has 170 valence electrons. The zero-order valence-electron chi connectivity index (χ0n) is 19.0. The van der Waals surface area contributed by atoms with Crippen molar-refractivity contribution in [3.63, 3.8) is 0 Å². The van der Waals surface area contributed by atoms with Gasteiger partial charge in [0.05, 0.1) is 35.4 Å². The van der Waals surface area contributed by atoms with E-state index >= 15 is 0 Å². The molecule has 32 heavy (non-hydrogen) atoms. The van der Waals surface area contributed by atoms with Gasteiger partial charge in [-0.3, -0.25) is 19.8 Å². The van der Waals surface area contributed by atoms with Crippen molar-refractivity contribution in [1.29, 1.82) is 0 Å². The number of anilines is 1. The maximum atomic E-state index is 13.7. The van der Waals surface area contributed by atoms with Crippen LogP contribution < -0.4 is 14.4 Å². The van der Waals surface area contributed by atoms with E-state index in [1.807, 2.05) is 38.9 Å². The molecule has 1 amide bonds. The first-order chi connectivity index (χ1) is 15.2. The molecule has 0 atom stereocenters. The molecule has 0 saturated heterocycles. The second-order valence-corrected chi connectivity index (χ2v) is 8.65. The largest absolute Gasteiger partial charge is 0.493 e. The van der Waals surface area contributed by atoms with Gasteiger partial charge in [-0.15, -0.1) is 0 Å². The fraction of sp³-hybridized carbons (Fsp3) is 0.364. The predicted molar refractivity (Wildman–Crippen MR) is 126 cm³/mol. The summed E-state index contributed by atoms with van der Waals surface area (Å²) in [5.41, 5.74) is 2.51. The molecule has 0 N–H and O–H groups in total. The molecule has 0 aliphatic carbocycles. The molecule has 9 nitrogen and oxygen atoms in total. The number of likely N-dealkylation sites (N-methyl/N-ethyl adjacent to an activating group) is 1. The van der Waals surface area contributed by atoms with Gasteiger partial charge in [0.25, 0.3) is 11.6 Å². The molecule has 2 aromatic carbocycles. The summed E-state index contributed by atoms with van der Waals surface area (Å²) in [6, 6.07) is 6.60. The predicted octanol–water partition coefficient (Wildman–Crippen LogP) is 4.05. The quantitative estimate of drug-likeness (QED) is 0.371. The Morgan fingerprint density at radius 1 is 1.09 bits per heavy atom. The topological polar surface area (TPSA) is 98.0 Å². The van der Waals surface area contributed by atoms with Crippen LogP contribution in [0.4, 0.5) is 10.8 Å². The van der Waals surface area contributed by atoms with E-state index in [-0.39, 0.29) is 22.7 Å². The van der Waals surface area contributed by atoms with E-state index in [1.54, 1.807) is 0 Å². The molecular weight excluding hydrogens is 432 g/mol. The van der Waals surface area contributed by atoms with Crippen molar-refractivity contribution in [2.45, 2.75) is 13.8 Å². The number of rotatable bonds is 8. The van der Waals surface area contributed by atoms with Crippen LogP contribution in [-0.2, 0) is 0 Å². The van der Waals surface area contributed by atoms with E-state index in [9.17, 15) is 14.9 Å². The number of ether oxygens (including phenoxy) is 2. The molecule has 0 saturated carbocycles. The van der Waals surface area contributed by atoms with Gasteiger partial charge in [-0.05, 0) is 45.1 Å². The van der Waals surface area contributed by atoms with Crippen molar-refractivity contribution in [1.82, 2.24) is 9.88 Å². The molecule has 0 fully saturated rings. The van der Waals surface area contributed by atoms with Crippen molar-refractivity contribution in [3.05, 3.63) is 51.1 Å². The van der Waals surface area contributed by atoms with Crippen LogP contribution in [0.5, 0.6) is 11.5 Å². The van der Waals surface area contributed by atoms with E-state index < -0.39 is 10.8 Å². The summed E-state index contributed by atoms with van der Waals surface area (Å²) in [7, 11) is 6.60. The van der Waals surface area contributed by atoms with Crippen molar-refractivity contribution < 1.29 is 19.2 Å². The van der Waals surface area contributed by atoms with Gasteiger partial charge in [0.2, 0.25) is 0 Å². The van der Waals surface area contributed by atoms with Gasteiger partial charge < -0.3 is 14.4 Å². The number of carbonyl (C=O) groups is 1. The lowest BCUT2D eigenvalue weighted by Gasteiger charge is -2.22. The summed E-state index contributed by atoms with van der Waals surface area (Å²) in [6.45, 7) is 4.87. The first kappa shape index (κ1) is 23.4. The average Bonchev–Trinajstić information content (AvgIpc) is 3.16. The number of fused-ring (bicyclic) bond motifs is 1. The van der Waals surface area contributed by atoms with E-state index in [1.165, 1.54) is 42.6 Å². The zero-order chi connectivity index (χ0) is 23.6. The fourth-order valence-corrected chi connectivity index (χ4v) is 4.44. The number of methoxy groups -OCH3 is 2. The maximum Gasteiger partial charge on any atom is 0.286 e. The standard InChI is InChI=1S/C22H26N4O5S/c1-13-9-14(2)20-16(10-13)23-22(32-20)25(8-7-24(3)4)21(27)15-11-18(30-5)19(31-6)12-17(15)26(28)29/h9-12H,7-8H2,1-6H3. The lowest BCUT2D eigenvalue weighted by atomic mass is 10.1. The van der Waals surface area contributed by atoms with Crippen LogP contribution in [-0.4, -0.2) is 62.1 Å². The van der Waals surface area contributed by atoms with Crippen LogP contribution in [0.25, 0.3) is 10.2 Å². The minimum atomic E-state index is -0.592. The minimum absolute atomic E-state index is 0.0847. The lowest BCUT2D eigenvalue weighted by Crippen LogP contribution is -2.37. The third-order valence-electron chi connectivity index (χ3n) is 4.98. The minimum Gasteiger partial charge on any atom is -0.493 e. The third kappa shape index (κ3) is 4.66. The molecular formula is C22H26N4O5S. The molecule has 1 aromatic heterocycles. The molecule has 0 spiro atoms.